The first-order valence-corrected chi connectivity index (χ1v) is 8.80. The van der Waals surface area contributed by atoms with Gasteiger partial charge in [0.05, 0.1) is 18.3 Å². The lowest BCUT2D eigenvalue weighted by atomic mass is 10.1. The smallest absolute Gasteiger partial charge is 0.249 e. The van der Waals surface area contributed by atoms with E-state index in [-0.39, 0.29) is 12.2 Å². The average Bonchev–Trinajstić information content (AvgIpc) is 3.12. The van der Waals surface area contributed by atoms with Crippen LogP contribution < -0.4 is 10.6 Å². The number of hydrogen-bond donors (Lipinski definition) is 2. The van der Waals surface area contributed by atoms with Crippen LogP contribution in [-0.4, -0.2) is 21.6 Å². The fraction of sp³-hybridized carbons (Fsp3) is 0.105. The Bertz CT molecular complexity index is 1130. The molecule has 2 N–H and O–H groups in total. The molecule has 3 aromatic rings. The topological polar surface area (TPSA) is 76.0 Å². The summed E-state index contributed by atoms with van der Waals surface area (Å²) in [5.41, 5.74) is 0.738. The molecule has 2 heterocycles. The van der Waals surface area contributed by atoms with Crippen LogP contribution >= 0.6 is 11.6 Å². The number of nitrogens with one attached hydrogen (secondary N) is 2. The van der Waals surface area contributed by atoms with Crippen LogP contribution in [-0.2, 0) is 9.59 Å². The van der Waals surface area contributed by atoms with Gasteiger partial charge in [0.25, 0.3) is 0 Å². The van der Waals surface area contributed by atoms with E-state index in [1.807, 2.05) is 0 Å². The van der Waals surface area contributed by atoms with Crippen LogP contribution in [0.4, 0.5) is 24.7 Å². The highest BCUT2D eigenvalue weighted by atomic mass is 35.5. The normalized spacial score (nSPS) is 15.6. The standard InChI is InChI=1S/C19H12ClF3N4O2/c20-10-3-1-9(2-4-10)11-8-24-27-14(7-15(28)26-18(11)27)19(29)25-13-6-5-12(21)16(22)17(13)23/h1-6,8,14H,7H2,(H,25,29)(H,26,28)/t14-/m1/s1. The molecule has 1 atom stereocenters. The van der Waals surface area contributed by atoms with E-state index in [2.05, 4.69) is 15.7 Å². The molecule has 1 aromatic heterocycles. The van der Waals surface area contributed by atoms with E-state index in [0.29, 0.717) is 22.2 Å². The summed E-state index contributed by atoms with van der Waals surface area (Å²) in [6.07, 6.45) is 1.22. The number of halogens is 4. The summed E-state index contributed by atoms with van der Waals surface area (Å²) < 4.78 is 41.7. The zero-order valence-electron chi connectivity index (χ0n) is 14.5. The number of carbonyl (C=O) groups excluding carboxylic acids is 2. The van der Waals surface area contributed by atoms with Crippen molar-refractivity contribution in [1.82, 2.24) is 9.78 Å². The third-order valence-corrected chi connectivity index (χ3v) is 4.73. The van der Waals surface area contributed by atoms with Crippen molar-refractivity contribution >= 4 is 34.9 Å². The van der Waals surface area contributed by atoms with Crippen molar-refractivity contribution in [3.8, 4) is 11.1 Å². The van der Waals surface area contributed by atoms with Crippen molar-refractivity contribution in [2.45, 2.75) is 12.5 Å². The van der Waals surface area contributed by atoms with Crippen LogP contribution in [0, 0.1) is 17.5 Å². The number of rotatable bonds is 3. The fourth-order valence-corrected chi connectivity index (χ4v) is 3.18. The molecular weight excluding hydrogens is 409 g/mol. The van der Waals surface area contributed by atoms with Gasteiger partial charge in [-0.3, -0.25) is 9.59 Å². The van der Waals surface area contributed by atoms with E-state index >= 15 is 0 Å². The first-order chi connectivity index (χ1) is 13.8. The van der Waals surface area contributed by atoms with E-state index in [9.17, 15) is 22.8 Å². The minimum absolute atomic E-state index is 0.258. The Morgan fingerprint density at radius 3 is 2.59 bits per heavy atom. The maximum absolute atomic E-state index is 13.9. The molecule has 0 radical (unpaired) electrons. The Balaban J connectivity index is 1.67. The second-order valence-corrected chi connectivity index (χ2v) is 6.78. The number of fused-ring (bicyclic) bond motifs is 1. The van der Waals surface area contributed by atoms with Crippen LogP contribution in [0.25, 0.3) is 11.1 Å². The summed E-state index contributed by atoms with van der Waals surface area (Å²) >= 11 is 5.89. The van der Waals surface area contributed by atoms with Gasteiger partial charge >= 0.3 is 0 Å². The molecule has 1 aliphatic rings. The Morgan fingerprint density at radius 1 is 1.14 bits per heavy atom. The molecule has 4 rings (SSSR count). The predicted molar refractivity (Wildman–Crippen MR) is 99.9 cm³/mol. The fourth-order valence-electron chi connectivity index (χ4n) is 3.05. The molecule has 0 unspecified atom stereocenters. The van der Waals surface area contributed by atoms with Crippen LogP contribution in [0.5, 0.6) is 0 Å². The zero-order valence-corrected chi connectivity index (χ0v) is 15.3. The number of anilines is 2. The van der Waals surface area contributed by atoms with Crippen molar-refractivity contribution in [1.29, 1.82) is 0 Å². The molecule has 6 nitrogen and oxygen atoms in total. The average molecular weight is 421 g/mol. The summed E-state index contributed by atoms with van der Waals surface area (Å²) in [6.45, 7) is 0. The summed E-state index contributed by atoms with van der Waals surface area (Å²) in [5.74, 6) is -5.56. The number of amides is 2. The monoisotopic (exact) mass is 420 g/mol. The van der Waals surface area contributed by atoms with Crippen LogP contribution in [0.15, 0.2) is 42.6 Å². The van der Waals surface area contributed by atoms with Crippen LogP contribution in [0.1, 0.15) is 12.5 Å². The molecule has 148 valence electrons. The van der Waals surface area contributed by atoms with Crippen molar-refractivity contribution in [2.24, 2.45) is 0 Å². The highest BCUT2D eigenvalue weighted by molar-refractivity contribution is 6.30. The van der Waals surface area contributed by atoms with Crippen molar-refractivity contribution in [2.75, 3.05) is 10.6 Å². The van der Waals surface area contributed by atoms with E-state index in [1.165, 1.54) is 10.9 Å². The highest BCUT2D eigenvalue weighted by Gasteiger charge is 2.33. The lowest BCUT2D eigenvalue weighted by Crippen LogP contribution is -2.36. The van der Waals surface area contributed by atoms with Gasteiger partial charge in [0.2, 0.25) is 11.8 Å². The lowest BCUT2D eigenvalue weighted by Gasteiger charge is -2.24. The summed E-state index contributed by atoms with van der Waals surface area (Å²) in [7, 11) is 0. The van der Waals surface area contributed by atoms with Crippen molar-refractivity contribution in [3.63, 3.8) is 0 Å². The summed E-state index contributed by atoms with van der Waals surface area (Å²) in [6, 6.07) is 7.28. The molecule has 1 aliphatic heterocycles. The maximum atomic E-state index is 13.9. The van der Waals surface area contributed by atoms with E-state index in [1.54, 1.807) is 24.3 Å². The molecule has 2 amide bonds. The van der Waals surface area contributed by atoms with Crippen molar-refractivity contribution < 1.29 is 22.8 Å². The third kappa shape index (κ3) is 3.44. The van der Waals surface area contributed by atoms with Gasteiger partial charge in [-0.05, 0) is 29.8 Å². The van der Waals surface area contributed by atoms with Crippen LogP contribution in [0.3, 0.4) is 0 Å². The Kier molecular flexibility index (Phi) is 4.75. The van der Waals surface area contributed by atoms with E-state index in [0.717, 1.165) is 6.07 Å². The van der Waals surface area contributed by atoms with Gasteiger partial charge in [-0.15, -0.1) is 0 Å². The second-order valence-electron chi connectivity index (χ2n) is 6.34. The molecular formula is C19H12ClF3N4O2. The van der Waals surface area contributed by atoms with Gasteiger partial charge in [-0.1, -0.05) is 23.7 Å². The quantitative estimate of drug-likeness (QED) is 0.625. The molecule has 10 heteroatoms. The molecule has 0 aliphatic carbocycles. The number of benzene rings is 2. The highest BCUT2D eigenvalue weighted by Crippen LogP contribution is 2.35. The number of carbonyl (C=O) groups is 2. The first kappa shape index (κ1) is 19.0. The predicted octanol–water partition coefficient (Wildman–Crippen LogP) is 4.14. The summed E-state index contributed by atoms with van der Waals surface area (Å²) in [4.78, 5) is 24.8. The maximum Gasteiger partial charge on any atom is 0.249 e. The Hall–Kier alpha value is -3.33. The molecule has 2 aromatic carbocycles. The zero-order chi connectivity index (χ0) is 20.7. The van der Waals surface area contributed by atoms with E-state index in [4.69, 9.17) is 11.6 Å². The largest absolute Gasteiger partial charge is 0.322 e. The first-order valence-electron chi connectivity index (χ1n) is 8.43. The lowest BCUT2D eigenvalue weighted by molar-refractivity contribution is -0.125. The van der Waals surface area contributed by atoms with Gasteiger partial charge in [-0.25, -0.2) is 17.9 Å². The van der Waals surface area contributed by atoms with Gasteiger partial charge < -0.3 is 10.6 Å². The van der Waals surface area contributed by atoms with Crippen LogP contribution in [0.2, 0.25) is 5.02 Å². The molecule has 0 saturated heterocycles. The second kappa shape index (κ2) is 7.25. The summed E-state index contributed by atoms with van der Waals surface area (Å²) in [5, 5.41) is 9.55. The minimum atomic E-state index is -1.70. The molecule has 0 saturated carbocycles. The minimum Gasteiger partial charge on any atom is -0.322 e. The van der Waals surface area contributed by atoms with Crippen molar-refractivity contribution in [3.05, 3.63) is 65.1 Å². The van der Waals surface area contributed by atoms with Gasteiger partial charge in [0.15, 0.2) is 17.5 Å². The number of nitrogens with zero attached hydrogens (tertiary/aromatic N) is 2. The SMILES string of the molecule is O=C1C[C@H](C(=O)Nc2ccc(F)c(F)c2F)n2ncc(-c3ccc(Cl)cc3)c2N1. The van der Waals surface area contributed by atoms with E-state index < -0.39 is 41.0 Å². The molecule has 0 fully saturated rings. The van der Waals surface area contributed by atoms with Gasteiger partial charge in [0.1, 0.15) is 11.9 Å². The number of hydrogen-bond acceptors (Lipinski definition) is 3. The Morgan fingerprint density at radius 2 is 1.86 bits per heavy atom. The number of aromatic nitrogens is 2. The molecule has 0 spiro atoms. The third-order valence-electron chi connectivity index (χ3n) is 4.48. The van der Waals surface area contributed by atoms with Gasteiger partial charge in [0, 0.05) is 10.6 Å². The Labute approximate surface area is 167 Å². The molecule has 29 heavy (non-hydrogen) atoms. The van der Waals surface area contributed by atoms with Gasteiger partial charge in [-0.2, -0.15) is 5.10 Å². The molecule has 0 bridgehead atoms.